The van der Waals surface area contributed by atoms with Crippen molar-refractivity contribution in [3.8, 4) is 51.8 Å². The summed E-state index contributed by atoms with van der Waals surface area (Å²) in [6.45, 7) is 2.04. The Hall–Kier alpha value is -3.19. The third kappa shape index (κ3) is 3.57. The first-order chi connectivity index (χ1) is 14.5. The van der Waals surface area contributed by atoms with Crippen LogP contribution < -0.4 is 23.7 Å². The molecular weight excluding hydrogens is 499 g/mol. The average Bonchev–Trinajstić information content (AvgIpc) is 3.23. The number of benzene rings is 2. The summed E-state index contributed by atoms with van der Waals surface area (Å²) < 4.78 is 28.4. The number of aromatic nitrogens is 1. The predicted molar refractivity (Wildman–Crippen MR) is 118 cm³/mol. The molecule has 30 heavy (non-hydrogen) atoms. The van der Waals surface area contributed by atoms with E-state index in [2.05, 4.69) is 33.6 Å². The molecule has 8 heteroatoms. The van der Waals surface area contributed by atoms with Crippen molar-refractivity contribution in [2.75, 3.05) is 21.0 Å². The molecule has 1 aromatic heterocycles. The van der Waals surface area contributed by atoms with Crippen molar-refractivity contribution in [3.63, 3.8) is 0 Å². The van der Waals surface area contributed by atoms with Crippen LogP contribution in [0, 0.1) is 21.8 Å². The Labute approximate surface area is 187 Å². The average molecular weight is 516 g/mol. The van der Waals surface area contributed by atoms with Crippen molar-refractivity contribution in [1.82, 2.24) is 4.98 Å². The molecule has 0 unspecified atom stereocenters. The van der Waals surface area contributed by atoms with Crippen molar-refractivity contribution in [2.24, 2.45) is 0 Å². The lowest BCUT2D eigenvalue weighted by Gasteiger charge is -2.17. The van der Waals surface area contributed by atoms with Crippen LogP contribution in [0.15, 0.2) is 36.4 Å². The van der Waals surface area contributed by atoms with E-state index in [4.69, 9.17) is 23.7 Å². The molecule has 0 bridgehead atoms. The largest absolute Gasteiger partial charge is 0.497 e. The fourth-order valence-electron chi connectivity index (χ4n) is 3.14. The summed E-state index contributed by atoms with van der Waals surface area (Å²) in [6.07, 6.45) is 0. The van der Waals surface area contributed by atoms with Crippen LogP contribution in [-0.4, -0.2) is 26.0 Å². The first-order valence-corrected chi connectivity index (χ1v) is 10.0. The fourth-order valence-corrected chi connectivity index (χ4v) is 3.82. The van der Waals surface area contributed by atoms with Crippen molar-refractivity contribution in [2.45, 2.75) is 6.92 Å². The highest BCUT2D eigenvalue weighted by Gasteiger charge is 2.23. The molecule has 0 amide bonds. The highest BCUT2D eigenvalue weighted by molar-refractivity contribution is 14.1. The van der Waals surface area contributed by atoms with Crippen LogP contribution >= 0.6 is 22.6 Å². The quantitative estimate of drug-likeness (QED) is 0.438. The standard InChI is InChI=1S/C22H17IN2O5/c1-12-21(23)20(15-6-4-13(26-2)8-18(15)27-3)16(10-24)22(25-12)30-14-5-7-17-19(9-14)29-11-28-17/h4-9H,11H2,1-3H3. The van der Waals surface area contributed by atoms with Gasteiger partial charge >= 0.3 is 0 Å². The molecule has 0 spiro atoms. The first-order valence-electron chi connectivity index (χ1n) is 8.95. The Bertz CT molecular complexity index is 1170. The van der Waals surface area contributed by atoms with Gasteiger partial charge in [0.25, 0.3) is 0 Å². The number of nitriles is 1. The maximum Gasteiger partial charge on any atom is 0.238 e. The number of rotatable bonds is 5. The van der Waals surface area contributed by atoms with Crippen LogP contribution in [0.25, 0.3) is 11.1 Å². The molecule has 0 radical (unpaired) electrons. The molecule has 2 heterocycles. The molecule has 1 aliphatic rings. The van der Waals surface area contributed by atoms with Gasteiger partial charge in [0.2, 0.25) is 12.7 Å². The van der Waals surface area contributed by atoms with Gasteiger partial charge in [0.1, 0.15) is 28.9 Å². The van der Waals surface area contributed by atoms with E-state index in [0.29, 0.717) is 39.9 Å². The molecule has 4 rings (SSSR count). The fraction of sp³-hybridized carbons (Fsp3) is 0.182. The van der Waals surface area contributed by atoms with Gasteiger partial charge in [-0.15, -0.1) is 0 Å². The van der Waals surface area contributed by atoms with Crippen LogP contribution in [0.4, 0.5) is 0 Å². The minimum atomic E-state index is 0.171. The van der Waals surface area contributed by atoms with Crippen LogP contribution in [0.1, 0.15) is 11.3 Å². The number of pyridine rings is 1. The molecule has 3 aromatic rings. The van der Waals surface area contributed by atoms with Gasteiger partial charge in [0.15, 0.2) is 11.5 Å². The number of hydrogen-bond acceptors (Lipinski definition) is 7. The van der Waals surface area contributed by atoms with Crippen molar-refractivity contribution in [3.05, 3.63) is 51.2 Å². The molecule has 1 aliphatic heterocycles. The first kappa shape index (κ1) is 20.1. The smallest absolute Gasteiger partial charge is 0.238 e. The van der Waals surface area contributed by atoms with E-state index in [9.17, 15) is 5.26 Å². The Morgan fingerprint density at radius 2 is 1.80 bits per heavy atom. The normalized spacial score (nSPS) is 11.7. The van der Waals surface area contributed by atoms with E-state index in [1.807, 2.05) is 19.1 Å². The highest BCUT2D eigenvalue weighted by atomic mass is 127. The summed E-state index contributed by atoms with van der Waals surface area (Å²) in [6, 6.07) is 12.9. The van der Waals surface area contributed by atoms with Gasteiger partial charge in [-0.2, -0.15) is 5.26 Å². The maximum absolute atomic E-state index is 9.99. The van der Waals surface area contributed by atoms with Gasteiger partial charge in [-0.25, -0.2) is 4.98 Å². The Kier molecular flexibility index (Phi) is 5.55. The van der Waals surface area contributed by atoms with Crippen LogP contribution in [-0.2, 0) is 0 Å². The lowest BCUT2D eigenvalue weighted by atomic mass is 9.99. The minimum Gasteiger partial charge on any atom is -0.497 e. The third-order valence-electron chi connectivity index (χ3n) is 4.62. The van der Waals surface area contributed by atoms with E-state index in [1.54, 1.807) is 38.5 Å². The minimum absolute atomic E-state index is 0.171. The zero-order valence-electron chi connectivity index (χ0n) is 16.5. The van der Waals surface area contributed by atoms with Gasteiger partial charge in [0, 0.05) is 26.8 Å². The summed E-state index contributed by atoms with van der Waals surface area (Å²) in [5.41, 5.74) is 2.49. The van der Waals surface area contributed by atoms with Gasteiger partial charge in [-0.05, 0) is 53.8 Å². The number of fused-ring (bicyclic) bond motifs is 1. The highest BCUT2D eigenvalue weighted by Crippen LogP contribution is 2.42. The van der Waals surface area contributed by atoms with E-state index in [-0.39, 0.29) is 12.7 Å². The summed E-state index contributed by atoms with van der Waals surface area (Å²) >= 11 is 2.19. The van der Waals surface area contributed by atoms with Crippen LogP contribution in [0.3, 0.4) is 0 Å². The predicted octanol–water partition coefficient (Wildman–Crippen LogP) is 5.07. The van der Waals surface area contributed by atoms with E-state index in [1.165, 1.54) is 0 Å². The Balaban J connectivity index is 1.85. The third-order valence-corrected chi connectivity index (χ3v) is 5.94. The van der Waals surface area contributed by atoms with E-state index in [0.717, 1.165) is 14.8 Å². The molecule has 0 N–H and O–H groups in total. The lowest BCUT2D eigenvalue weighted by molar-refractivity contribution is 0.174. The SMILES string of the molecule is COc1ccc(-c2c(I)c(C)nc(Oc3ccc4c(c3)OCO4)c2C#N)c(OC)c1. The number of hydrogen-bond donors (Lipinski definition) is 0. The zero-order valence-corrected chi connectivity index (χ0v) is 18.6. The molecule has 0 saturated heterocycles. The number of nitrogens with zero attached hydrogens (tertiary/aromatic N) is 2. The van der Waals surface area contributed by atoms with Gasteiger partial charge in [-0.3, -0.25) is 0 Å². The number of methoxy groups -OCH3 is 2. The number of ether oxygens (including phenoxy) is 5. The summed E-state index contributed by atoms with van der Waals surface area (Å²) in [7, 11) is 3.17. The number of aryl methyl sites for hydroxylation is 1. The summed E-state index contributed by atoms with van der Waals surface area (Å²) in [5.74, 6) is 3.19. The van der Waals surface area contributed by atoms with Gasteiger partial charge in [0.05, 0.1) is 19.9 Å². The second kappa shape index (κ2) is 8.28. The summed E-state index contributed by atoms with van der Waals surface area (Å²) in [5, 5.41) is 9.99. The van der Waals surface area contributed by atoms with E-state index >= 15 is 0 Å². The Morgan fingerprint density at radius 3 is 2.53 bits per heavy atom. The molecule has 2 aromatic carbocycles. The monoisotopic (exact) mass is 516 g/mol. The van der Waals surface area contributed by atoms with Crippen LogP contribution in [0.5, 0.6) is 34.6 Å². The number of halogens is 1. The lowest BCUT2D eigenvalue weighted by Crippen LogP contribution is -2.02. The second-order valence-corrected chi connectivity index (χ2v) is 7.44. The van der Waals surface area contributed by atoms with Gasteiger partial charge in [-0.1, -0.05) is 0 Å². The second-order valence-electron chi connectivity index (χ2n) is 6.36. The molecule has 0 fully saturated rings. The molecule has 7 nitrogen and oxygen atoms in total. The molecule has 0 atom stereocenters. The van der Waals surface area contributed by atoms with Gasteiger partial charge < -0.3 is 23.7 Å². The van der Waals surface area contributed by atoms with Crippen LogP contribution in [0.2, 0.25) is 0 Å². The molecular formula is C22H17IN2O5. The van der Waals surface area contributed by atoms with Crippen molar-refractivity contribution >= 4 is 22.6 Å². The van der Waals surface area contributed by atoms with Crippen molar-refractivity contribution < 1.29 is 23.7 Å². The van der Waals surface area contributed by atoms with E-state index < -0.39 is 0 Å². The topological polar surface area (TPSA) is 82.8 Å². The summed E-state index contributed by atoms with van der Waals surface area (Å²) in [4.78, 5) is 4.52. The maximum atomic E-state index is 9.99. The van der Waals surface area contributed by atoms with Crippen molar-refractivity contribution in [1.29, 1.82) is 5.26 Å². The molecule has 0 saturated carbocycles. The zero-order chi connectivity index (χ0) is 21.3. The molecule has 0 aliphatic carbocycles. The Morgan fingerprint density at radius 1 is 1.03 bits per heavy atom. The molecule has 152 valence electrons.